The van der Waals surface area contributed by atoms with E-state index in [4.69, 9.17) is 23.8 Å². The molecule has 192 valence electrons. The minimum atomic E-state index is -1.26. The Labute approximate surface area is 207 Å². The minimum absolute atomic E-state index is 0.260. The van der Waals surface area contributed by atoms with Crippen LogP contribution in [0.4, 0.5) is 4.79 Å². The number of carbonyl (C=O) groups excluding carboxylic acids is 1. The van der Waals surface area contributed by atoms with Gasteiger partial charge in [0.05, 0.1) is 45.5 Å². The normalized spacial score (nSPS) is 22.2. The van der Waals surface area contributed by atoms with Crippen LogP contribution in [-0.4, -0.2) is 62.4 Å². The van der Waals surface area contributed by atoms with Gasteiger partial charge in [-0.15, -0.1) is 11.8 Å². The number of ether oxygens (including phenoxy) is 2. The molecule has 34 heavy (non-hydrogen) atoms. The molecule has 0 aromatic carbocycles. The van der Waals surface area contributed by atoms with Gasteiger partial charge in [-0.25, -0.2) is 9.46 Å². The van der Waals surface area contributed by atoms with Crippen LogP contribution in [-0.2, 0) is 18.5 Å². The number of amides is 1. The van der Waals surface area contributed by atoms with E-state index in [0.717, 1.165) is 31.1 Å². The summed E-state index contributed by atoms with van der Waals surface area (Å²) < 4.78 is 24.9. The predicted octanol–water partition coefficient (Wildman–Crippen LogP) is 4.85. The monoisotopic (exact) mass is 495 g/mol. The van der Waals surface area contributed by atoms with Crippen LogP contribution in [0.5, 0.6) is 0 Å². The molecule has 2 aliphatic carbocycles. The number of nitrogens with one attached hydrogen (secondary N) is 1. The molecular formula is C25H42N3O5P. The maximum atomic E-state index is 11.9. The van der Waals surface area contributed by atoms with Crippen LogP contribution in [0.2, 0.25) is 0 Å². The molecule has 0 aliphatic heterocycles. The van der Waals surface area contributed by atoms with Crippen molar-refractivity contribution in [3.63, 3.8) is 0 Å². The minimum Gasteiger partial charge on any atom is -0.450 e. The highest BCUT2D eigenvalue weighted by Crippen LogP contribution is 2.54. The molecule has 0 bridgehead atoms. The van der Waals surface area contributed by atoms with Gasteiger partial charge in [-0.05, 0) is 64.7 Å². The SMILES string of the molecule is CC(C)N(C(C)C)P(OCCC#N)OCCOCCNC(=O)OCC[C@@H]1[C@@H]2CCC#CCC[C@@H]21. The molecule has 0 spiro atoms. The topological polar surface area (TPSA) is 93.0 Å². The lowest BCUT2D eigenvalue weighted by molar-refractivity contribution is 0.0867. The zero-order valence-corrected chi connectivity index (χ0v) is 22.1. The van der Waals surface area contributed by atoms with Crippen LogP contribution < -0.4 is 5.32 Å². The molecule has 9 heteroatoms. The third-order valence-electron chi connectivity index (χ3n) is 6.13. The molecule has 1 amide bonds. The first-order chi connectivity index (χ1) is 16.5. The number of rotatable bonds is 16. The van der Waals surface area contributed by atoms with Gasteiger partial charge >= 0.3 is 6.09 Å². The fraction of sp³-hybridized carbons (Fsp3) is 0.840. The van der Waals surface area contributed by atoms with E-state index in [1.54, 1.807) is 0 Å². The molecule has 2 rings (SSSR count). The summed E-state index contributed by atoms with van der Waals surface area (Å²) in [6.45, 7) is 10.8. The van der Waals surface area contributed by atoms with Crippen LogP contribution in [0.25, 0.3) is 0 Å². The van der Waals surface area contributed by atoms with E-state index in [0.29, 0.717) is 51.9 Å². The van der Waals surface area contributed by atoms with E-state index in [2.05, 4.69) is 55.6 Å². The Morgan fingerprint density at radius 1 is 1.03 bits per heavy atom. The van der Waals surface area contributed by atoms with E-state index >= 15 is 0 Å². The van der Waals surface area contributed by atoms with Crippen LogP contribution in [0.3, 0.4) is 0 Å². The Bertz CT molecular complexity index is 677. The maximum Gasteiger partial charge on any atom is 0.407 e. The second-order valence-electron chi connectivity index (χ2n) is 9.27. The summed E-state index contributed by atoms with van der Waals surface area (Å²) in [6.07, 6.45) is 5.29. The van der Waals surface area contributed by atoms with E-state index in [-0.39, 0.29) is 18.2 Å². The molecular weight excluding hydrogens is 453 g/mol. The molecule has 2 aliphatic rings. The van der Waals surface area contributed by atoms with Crippen LogP contribution in [0, 0.1) is 40.9 Å². The molecule has 1 fully saturated rings. The Morgan fingerprint density at radius 3 is 2.29 bits per heavy atom. The van der Waals surface area contributed by atoms with Gasteiger partial charge < -0.3 is 23.8 Å². The Morgan fingerprint density at radius 2 is 1.68 bits per heavy atom. The lowest BCUT2D eigenvalue weighted by Gasteiger charge is -2.35. The summed E-state index contributed by atoms with van der Waals surface area (Å²) in [6, 6.07) is 2.62. The summed E-state index contributed by atoms with van der Waals surface area (Å²) in [4.78, 5) is 11.9. The number of hydrogen-bond donors (Lipinski definition) is 1. The first kappa shape index (κ1) is 28.8. The summed E-state index contributed by atoms with van der Waals surface area (Å²) in [5.74, 6) is 8.70. The van der Waals surface area contributed by atoms with E-state index in [9.17, 15) is 4.79 Å². The lowest BCUT2D eigenvalue weighted by Crippen LogP contribution is -2.34. The zero-order valence-electron chi connectivity index (χ0n) is 21.3. The van der Waals surface area contributed by atoms with Crippen molar-refractivity contribution in [3.05, 3.63) is 0 Å². The van der Waals surface area contributed by atoms with Crippen LogP contribution in [0.15, 0.2) is 0 Å². The van der Waals surface area contributed by atoms with Crippen molar-refractivity contribution < 1.29 is 23.3 Å². The highest BCUT2D eigenvalue weighted by Gasteiger charge is 2.48. The maximum absolute atomic E-state index is 11.9. The second-order valence-corrected chi connectivity index (χ2v) is 10.7. The average Bonchev–Trinajstić information content (AvgIpc) is 3.41. The first-order valence-corrected chi connectivity index (χ1v) is 13.7. The van der Waals surface area contributed by atoms with Crippen molar-refractivity contribution >= 4 is 14.6 Å². The Balaban J connectivity index is 1.51. The zero-order chi connectivity index (χ0) is 24.8. The summed E-state index contributed by atoms with van der Waals surface area (Å²) >= 11 is 0. The number of carbonyl (C=O) groups is 1. The average molecular weight is 496 g/mol. The third-order valence-corrected chi connectivity index (χ3v) is 8.24. The van der Waals surface area contributed by atoms with Gasteiger partial charge in [-0.3, -0.25) is 0 Å². The molecule has 1 unspecified atom stereocenters. The lowest BCUT2D eigenvalue weighted by atomic mass is 10.1. The molecule has 4 atom stereocenters. The van der Waals surface area contributed by atoms with Gasteiger partial charge in [0, 0.05) is 31.5 Å². The van der Waals surface area contributed by atoms with Crippen LogP contribution >= 0.6 is 8.53 Å². The van der Waals surface area contributed by atoms with E-state index in [1.807, 2.05) is 0 Å². The smallest absolute Gasteiger partial charge is 0.407 e. The van der Waals surface area contributed by atoms with Crippen LogP contribution in [0.1, 0.15) is 66.2 Å². The largest absolute Gasteiger partial charge is 0.450 e. The van der Waals surface area contributed by atoms with Gasteiger partial charge in [0.25, 0.3) is 8.53 Å². The number of hydrogen-bond acceptors (Lipinski definition) is 7. The van der Waals surface area contributed by atoms with Gasteiger partial charge in [-0.1, -0.05) is 0 Å². The summed E-state index contributed by atoms with van der Waals surface area (Å²) in [7, 11) is -1.26. The number of nitrogens with zero attached hydrogens (tertiary/aromatic N) is 2. The Hall–Kier alpha value is -1.41. The quantitative estimate of drug-likeness (QED) is 0.186. The van der Waals surface area contributed by atoms with Crippen molar-refractivity contribution in [2.24, 2.45) is 17.8 Å². The van der Waals surface area contributed by atoms with E-state index < -0.39 is 8.53 Å². The first-order valence-electron chi connectivity index (χ1n) is 12.6. The fourth-order valence-corrected chi connectivity index (χ4v) is 6.19. The predicted molar refractivity (Wildman–Crippen MR) is 133 cm³/mol. The van der Waals surface area contributed by atoms with Crippen molar-refractivity contribution in [2.45, 2.75) is 78.3 Å². The van der Waals surface area contributed by atoms with Gasteiger partial charge in [0.15, 0.2) is 0 Å². The molecule has 0 aromatic heterocycles. The van der Waals surface area contributed by atoms with E-state index in [1.165, 1.54) is 12.8 Å². The highest BCUT2D eigenvalue weighted by molar-refractivity contribution is 7.44. The molecule has 0 saturated heterocycles. The molecule has 1 N–H and O–H groups in total. The van der Waals surface area contributed by atoms with Crippen molar-refractivity contribution in [1.29, 1.82) is 5.26 Å². The summed E-state index contributed by atoms with van der Waals surface area (Å²) in [5, 5.41) is 11.5. The molecule has 0 heterocycles. The van der Waals surface area contributed by atoms with Crippen molar-refractivity contribution in [2.75, 3.05) is 39.6 Å². The van der Waals surface area contributed by atoms with Gasteiger partial charge in [0.2, 0.25) is 0 Å². The highest BCUT2D eigenvalue weighted by atomic mass is 31.2. The Kier molecular flexibility index (Phi) is 13.8. The standard InChI is InChI=1S/C25H42N3O5P/c1-20(2)28(21(3)4)34(32-15-9-13-26)33-19-18-30-17-14-27-25(29)31-16-12-24-22-10-7-5-6-8-11-23(22)24/h20-24H,7-12,14-19H2,1-4H3,(H,27,29)/t22-,23+,24-,34?. The summed E-state index contributed by atoms with van der Waals surface area (Å²) in [5.41, 5.74) is 0. The molecule has 8 nitrogen and oxygen atoms in total. The van der Waals surface area contributed by atoms with Crippen molar-refractivity contribution in [1.82, 2.24) is 9.99 Å². The second kappa shape index (κ2) is 16.3. The molecule has 0 radical (unpaired) electrons. The molecule has 0 aromatic rings. The number of nitriles is 1. The molecule has 1 saturated carbocycles. The van der Waals surface area contributed by atoms with Crippen molar-refractivity contribution in [3.8, 4) is 17.9 Å². The van der Waals surface area contributed by atoms with Gasteiger partial charge in [0.1, 0.15) is 0 Å². The third kappa shape index (κ3) is 10.5. The number of alkyl carbamates (subject to hydrolysis) is 1. The van der Waals surface area contributed by atoms with Gasteiger partial charge in [-0.2, -0.15) is 5.26 Å². The number of fused-ring (bicyclic) bond motifs is 1. The fourth-order valence-electron chi connectivity index (χ4n) is 4.62.